The molecule has 2 amide bonds. The number of para-hydroxylation sites is 1. The van der Waals surface area contributed by atoms with Crippen molar-refractivity contribution in [2.75, 3.05) is 64.3 Å². The van der Waals surface area contributed by atoms with Crippen molar-refractivity contribution in [3.8, 4) is 0 Å². The van der Waals surface area contributed by atoms with Crippen molar-refractivity contribution >= 4 is 28.8 Å². The Morgan fingerprint density at radius 2 is 1.88 bits per heavy atom. The molecule has 3 aliphatic rings. The second-order valence-corrected chi connectivity index (χ2v) is 11.5. The van der Waals surface area contributed by atoms with Crippen LogP contribution in [0.4, 0.5) is 5.69 Å². The molecule has 0 bridgehead atoms. The lowest BCUT2D eigenvalue weighted by atomic mass is 9.82. The summed E-state index contributed by atoms with van der Waals surface area (Å²) in [6.07, 6.45) is 3.11. The zero-order valence-electron chi connectivity index (χ0n) is 24.1. The first kappa shape index (κ1) is 30.5. The predicted molar refractivity (Wildman–Crippen MR) is 159 cm³/mol. The number of likely N-dealkylation sites (tertiary alicyclic amines) is 1. The van der Waals surface area contributed by atoms with Crippen molar-refractivity contribution in [1.29, 1.82) is 0 Å². The Morgan fingerprint density at radius 3 is 2.57 bits per heavy atom. The third-order valence-corrected chi connectivity index (χ3v) is 9.04. The number of allylic oxidation sites excluding steroid dienone is 1. The quantitative estimate of drug-likeness (QED) is 0.338. The smallest absolute Gasteiger partial charge is 0.288 e. The van der Waals surface area contributed by atoms with Crippen LogP contribution in [0.3, 0.4) is 0 Å². The normalized spacial score (nSPS) is 23.5. The molecule has 1 spiro atoms. The van der Waals surface area contributed by atoms with Crippen LogP contribution in [-0.4, -0.2) is 93.0 Å². The second-order valence-electron chi connectivity index (χ2n) is 10.7. The molecule has 4 heterocycles. The summed E-state index contributed by atoms with van der Waals surface area (Å²) in [6, 6.07) is 12.0. The number of hydrogen-bond donors (Lipinski definition) is 2. The number of amides is 2. The van der Waals surface area contributed by atoms with Gasteiger partial charge in [0, 0.05) is 43.8 Å². The molecule has 3 atom stereocenters. The highest BCUT2D eigenvalue weighted by Gasteiger charge is 2.51. The van der Waals surface area contributed by atoms with E-state index in [-0.39, 0.29) is 30.3 Å². The molecule has 42 heavy (non-hydrogen) atoms. The summed E-state index contributed by atoms with van der Waals surface area (Å²) in [5.41, 5.74) is 1.45. The van der Waals surface area contributed by atoms with Crippen LogP contribution in [0.2, 0.25) is 0 Å². The van der Waals surface area contributed by atoms with Gasteiger partial charge in [-0.25, -0.2) is 0 Å². The number of aliphatic hydroxyl groups is 1. The molecule has 2 N–H and O–H groups in total. The largest absolute Gasteiger partial charge is 0.459 e. The molecule has 0 unspecified atom stereocenters. The van der Waals surface area contributed by atoms with E-state index in [1.165, 1.54) is 0 Å². The summed E-state index contributed by atoms with van der Waals surface area (Å²) < 4.78 is 23.4. The average molecular weight is 600 g/mol. The van der Waals surface area contributed by atoms with Crippen LogP contribution >= 0.6 is 11.3 Å². The van der Waals surface area contributed by atoms with Gasteiger partial charge >= 0.3 is 0 Å². The molecular formula is C31H41N3O7S. The highest BCUT2D eigenvalue weighted by molar-refractivity contribution is 7.08. The summed E-state index contributed by atoms with van der Waals surface area (Å²) in [6.45, 7) is 5.38. The first-order valence-corrected chi connectivity index (χ1v) is 15.7. The Labute approximate surface area is 251 Å². The zero-order chi connectivity index (χ0) is 29.4. The lowest BCUT2D eigenvalue weighted by Gasteiger charge is -2.44. The van der Waals surface area contributed by atoms with Gasteiger partial charge in [0.15, 0.2) is 5.76 Å². The summed E-state index contributed by atoms with van der Waals surface area (Å²) in [5, 5.41) is 16.0. The predicted octanol–water partition coefficient (Wildman–Crippen LogP) is 3.10. The molecule has 0 radical (unpaired) electrons. The number of piperidine rings is 1. The molecule has 1 aromatic heterocycles. The Hall–Kier alpha value is -2.96. The maximum Gasteiger partial charge on any atom is 0.288 e. The Kier molecular flexibility index (Phi) is 10.5. The zero-order valence-corrected chi connectivity index (χ0v) is 24.9. The number of rotatable bonds is 13. The van der Waals surface area contributed by atoms with Gasteiger partial charge in [-0.05, 0) is 66.8 Å². The molecule has 0 saturated carbocycles. The third-order valence-electron chi connectivity index (χ3n) is 8.34. The fourth-order valence-corrected chi connectivity index (χ4v) is 6.86. The highest BCUT2D eigenvalue weighted by Crippen LogP contribution is 2.41. The van der Waals surface area contributed by atoms with Crippen LogP contribution < -0.4 is 10.2 Å². The summed E-state index contributed by atoms with van der Waals surface area (Å²) in [7, 11) is 0. The van der Waals surface area contributed by atoms with E-state index >= 15 is 0 Å². The van der Waals surface area contributed by atoms with Crippen LogP contribution in [0.5, 0.6) is 0 Å². The van der Waals surface area contributed by atoms with E-state index in [0.29, 0.717) is 77.8 Å². The van der Waals surface area contributed by atoms with Gasteiger partial charge in [-0.15, -0.1) is 0 Å². The molecule has 0 aliphatic carbocycles. The molecule has 2 fully saturated rings. The maximum absolute atomic E-state index is 13.9. The SMILES string of the molecule is CCO[C@@H]1OC(C(=O)N2CCC3(CC2)C(=O)NCN3c2ccccc2)=C[C@H](c2ccsc2)[C@H]1CCOCCOCCO. The number of aliphatic hydroxyl groups excluding tert-OH is 1. The highest BCUT2D eigenvalue weighted by atomic mass is 32.1. The topological polar surface area (TPSA) is 110 Å². The summed E-state index contributed by atoms with van der Waals surface area (Å²) in [5.74, 6) is 0.0347. The van der Waals surface area contributed by atoms with E-state index in [1.54, 1.807) is 16.2 Å². The number of benzene rings is 1. The minimum absolute atomic E-state index is 0.00900. The number of ether oxygens (including phenoxy) is 4. The first-order chi connectivity index (χ1) is 20.6. The standard InChI is InChI=1S/C31H41N3O7S/c1-2-40-29-25(8-15-38-17-18-39-16-14-35)26(23-9-19-42-21-23)20-27(41-29)28(36)33-12-10-31(11-13-33)30(37)32-22-34(31)24-6-4-3-5-7-24/h3-7,9,19-21,25-26,29,35H,2,8,10-18,22H2,1H3,(H,32,37)/t25-,26-,29-/m1/s1. The molecule has 1 aromatic carbocycles. The average Bonchev–Trinajstić information content (AvgIpc) is 3.66. The van der Waals surface area contributed by atoms with Gasteiger partial charge < -0.3 is 39.2 Å². The van der Waals surface area contributed by atoms with Crippen LogP contribution in [0.25, 0.3) is 0 Å². The first-order valence-electron chi connectivity index (χ1n) is 14.8. The van der Waals surface area contributed by atoms with Gasteiger partial charge in [-0.1, -0.05) is 18.2 Å². The third kappa shape index (κ3) is 6.65. The number of carbonyl (C=O) groups is 2. The van der Waals surface area contributed by atoms with E-state index in [0.717, 1.165) is 11.3 Å². The number of carbonyl (C=O) groups excluding carboxylic acids is 2. The minimum Gasteiger partial charge on any atom is -0.459 e. The van der Waals surface area contributed by atoms with Gasteiger partial charge in [0.1, 0.15) is 5.54 Å². The number of anilines is 1. The summed E-state index contributed by atoms with van der Waals surface area (Å²) >= 11 is 1.62. The number of nitrogens with one attached hydrogen (secondary N) is 1. The molecule has 2 saturated heterocycles. The van der Waals surface area contributed by atoms with Crippen molar-refractivity contribution in [1.82, 2.24) is 10.2 Å². The van der Waals surface area contributed by atoms with E-state index in [4.69, 9.17) is 24.1 Å². The van der Waals surface area contributed by atoms with Crippen LogP contribution in [0.1, 0.15) is 37.7 Å². The van der Waals surface area contributed by atoms with E-state index in [9.17, 15) is 9.59 Å². The molecule has 228 valence electrons. The Balaban J connectivity index is 1.28. The van der Waals surface area contributed by atoms with Crippen molar-refractivity contribution in [3.63, 3.8) is 0 Å². The monoisotopic (exact) mass is 599 g/mol. The lowest BCUT2D eigenvalue weighted by Crippen LogP contribution is -2.57. The van der Waals surface area contributed by atoms with Gasteiger partial charge in [0.2, 0.25) is 12.2 Å². The molecule has 3 aliphatic heterocycles. The summed E-state index contributed by atoms with van der Waals surface area (Å²) in [4.78, 5) is 30.9. The second kappa shape index (κ2) is 14.5. The van der Waals surface area contributed by atoms with Crippen molar-refractivity contribution in [2.24, 2.45) is 5.92 Å². The van der Waals surface area contributed by atoms with Gasteiger partial charge in [-0.3, -0.25) is 9.59 Å². The molecular weight excluding hydrogens is 558 g/mol. The van der Waals surface area contributed by atoms with Gasteiger partial charge in [0.25, 0.3) is 5.91 Å². The van der Waals surface area contributed by atoms with E-state index in [2.05, 4.69) is 21.7 Å². The van der Waals surface area contributed by atoms with Gasteiger partial charge in [0.05, 0.1) is 33.1 Å². The van der Waals surface area contributed by atoms with Crippen LogP contribution in [0.15, 0.2) is 59.0 Å². The Morgan fingerprint density at radius 1 is 1.12 bits per heavy atom. The molecule has 2 aromatic rings. The maximum atomic E-state index is 13.9. The van der Waals surface area contributed by atoms with Crippen molar-refractivity contribution < 1.29 is 33.6 Å². The van der Waals surface area contributed by atoms with E-state index < -0.39 is 11.8 Å². The van der Waals surface area contributed by atoms with Crippen molar-refractivity contribution in [2.45, 2.75) is 43.9 Å². The van der Waals surface area contributed by atoms with Crippen molar-refractivity contribution in [3.05, 3.63) is 64.6 Å². The molecule has 10 nitrogen and oxygen atoms in total. The van der Waals surface area contributed by atoms with Gasteiger partial charge in [-0.2, -0.15) is 11.3 Å². The van der Waals surface area contributed by atoms with Crippen LogP contribution in [0, 0.1) is 5.92 Å². The number of nitrogens with zero attached hydrogens (tertiary/aromatic N) is 2. The minimum atomic E-state index is -0.665. The number of hydrogen-bond acceptors (Lipinski definition) is 9. The van der Waals surface area contributed by atoms with Crippen LogP contribution in [-0.2, 0) is 28.5 Å². The fraction of sp³-hybridized carbons (Fsp3) is 0.548. The fourth-order valence-electron chi connectivity index (χ4n) is 6.15. The number of thiophene rings is 1. The molecule has 5 rings (SSSR count). The Bertz CT molecular complexity index is 1180. The van der Waals surface area contributed by atoms with E-state index in [1.807, 2.05) is 48.7 Å². The lowest BCUT2D eigenvalue weighted by molar-refractivity contribution is -0.172. The molecule has 11 heteroatoms.